The van der Waals surface area contributed by atoms with E-state index in [1.807, 2.05) is 32.2 Å². The van der Waals surface area contributed by atoms with Crippen LogP contribution in [0.1, 0.15) is 29.2 Å². The minimum atomic E-state index is -0.227. The summed E-state index contributed by atoms with van der Waals surface area (Å²) in [5.41, 5.74) is 2.33. The van der Waals surface area contributed by atoms with Gasteiger partial charge in [0.05, 0.1) is 17.3 Å². The van der Waals surface area contributed by atoms with Crippen LogP contribution in [0.4, 0.5) is 5.69 Å². The van der Waals surface area contributed by atoms with Gasteiger partial charge < -0.3 is 10.2 Å². The highest BCUT2D eigenvalue weighted by Gasteiger charge is 2.23. The predicted molar refractivity (Wildman–Crippen MR) is 105 cm³/mol. The van der Waals surface area contributed by atoms with Crippen molar-refractivity contribution in [2.75, 3.05) is 12.4 Å². The number of aromatic nitrogens is 1. The zero-order valence-corrected chi connectivity index (χ0v) is 15.9. The molecule has 0 aliphatic carbocycles. The molecule has 0 saturated carbocycles. The number of para-hydroxylation sites is 1. The Morgan fingerprint density at radius 3 is 2.50 bits per heavy atom. The largest absolute Gasteiger partial charge is 0.322 e. The summed E-state index contributed by atoms with van der Waals surface area (Å²) >= 11 is 1.67. The van der Waals surface area contributed by atoms with Crippen molar-refractivity contribution in [2.45, 2.75) is 26.4 Å². The summed E-state index contributed by atoms with van der Waals surface area (Å²) in [6.45, 7) is 4.12. The lowest BCUT2D eigenvalue weighted by Crippen LogP contribution is -3.12. The first-order chi connectivity index (χ1) is 12.4. The van der Waals surface area contributed by atoms with Crippen LogP contribution in [0.5, 0.6) is 0 Å². The lowest BCUT2D eigenvalue weighted by Gasteiger charge is -2.20. The van der Waals surface area contributed by atoms with Gasteiger partial charge in [-0.05, 0) is 50.2 Å². The summed E-state index contributed by atoms with van der Waals surface area (Å²) in [5, 5.41) is 3.94. The van der Waals surface area contributed by atoms with Crippen molar-refractivity contribution in [3.05, 3.63) is 59.1 Å². The molecule has 1 amide bonds. The van der Waals surface area contributed by atoms with Crippen molar-refractivity contribution in [3.8, 4) is 0 Å². The molecule has 0 aliphatic heterocycles. The van der Waals surface area contributed by atoms with Crippen LogP contribution in [-0.4, -0.2) is 29.8 Å². The number of rotatable bonds is 6. The van der Waals surface area contributed by atoms with Gasteiger partial charge >= 0.3 is 0 Å². The van der Waals surface area contributed by atoms with Gasteiger partial charge in [-0.25, -0.2) is 4.98 Å². The van der Waals surface area contributed by atoms with Crippen molar-refractivity contribution in [1.82, 2.24) is 4.98 Å². The van der Waals surface area contributed by atoms with E-state index in [2.05, 4.69) is 16.4 Å². The number of carbonyl (C=O) groups is 2. The number of thiazole rings is 1. The second-order valence-electron chi connectivity index (χ2n) is 6.44. The zero-order chi connectivity index (χ0) is 18.7. The topological polar surface area (TPSA) is 63.5 Å². The van der Waals surface area contributed by atoms with Crippen LogP contribution in [0.15, 0.2) is 48.5 Å². The van der Waals surface area contributed by atoms with Gasteiger partial charge in [0, 0.05) is 11.3 Å². The van der Waals surface area contributed by atoms with Gasteiger partial charge in [-0.1, -0.05) is 12.1 Å². The van der Waals surface area contributed by atoms with Crippen LogP contribution < -0.4 is 10.2 Å². The fourth-order valence-electron chi connectivity index (χ4n) is 2.65. The van der Waals surface area contributed by atoms with E-state index in [1.54, 1.807) is 35.6 Å². The van der Waals surface area contributed by atoms with Gasteiger partial charge in [-0.15, -0.1) is 11.3 Å². The van der Waals surface area contributed by atoms with Crippen LogP contribution >= 0.6 is 11.3 Å². The number of fused-ring (bicyclic) bond motifs is 1. The third kappa shape index (κ3) is 4.15. The molecule has 1 aromatic heterocycles. The molecule has 0 bridgehead atoms. The number of nitrogens with one attached hydrogen (secondary N) is 2. The zero-order valence-electron chi connectivity index (χ0n) is 15.1. The molecule has 0 saturated heterocycles. The first kappa shape index (κ1) is 18.2. The molecule has 1 unspecified atom stereocenters. The Hall–Kier alpha value is -2.57. The molecule has 0 fully saturated rings. The van der Waals surface area contributed by atoms with Crippen LogP contribution in [0, 0.1) is 0 Å². The van der Waals surface area contributed by atoms with E-state index in [0.29, 0.717) is 17.8 Å². The van der Waals surface area contributed by atoms with Crippen molar-refractivity contribution in [1.29, 1.82) is 0 Å². The molecule has 1 heterocycles. The normalized spacial score (nSPS) is 13.3. The van der Waals surface area contributed by atoms with Gasteiger partial charge in [0.2, 0.25) is 0 Å². The molecule has 5 nitrogen and oxygen atoms in total. The monoisotopic (exact) mass is 368 g/mol. The smallest absolute Gasteiger partial charge is 0.282 e. The lowest BCUT2D eigenvalue weighted by atomic mass is 10.1. The van der Waals surface area contributed by atoms with E-state index in [9.17, 15) is 9.59 Å². The number of Topliss-reactive ketones (excluding diaryl/α,β-unsaturated/α-hetero) is 1. The molecule has 0 radical (unpaired) electrons. The number of ketones is 1. The van der Waals surface area contributed by atoms with Crippen molar-refractivity contribution in [3.63, 3.8) is 0 Å². The number of amides is 1. The molecule has 0 spiro atoms. The summed E-state index contributed by atoms with van der Waals surface area (Å²) in [6.07, 6.45) is 0. The first-order valence-electron chi connectivity index (χ1n) is 8.52. The van der Waals surface area contributed by atoms with E-state index < -0.39 is 0 Å². The van der Waals surface area contributed by atoms with Gasteiger partial charge in [0.1, 0.15) is 11.6 Å². The first-order valence-corrected chi connectivity index (χ1v) is 9.34. The van der Waals surface area contributed by atoms with Crippen LogP contribution in [0.3, 0.4) is 0 Å². The molecule has 3 rings (SSSR count). The molecular formula is C20H22N3O2S+. The fourth-order valence-corrected chi connectivity index (χ4v) is 3.71. The Morgan fingerprint density at radius 1 is 1.15 bits per heavy atom. The number of nitrogens with zero attached hydrogens (tertiary/aromatic N) is 1. The quantitative estimate of drug-likeness (QED) is 0.657. The SMILES string of the molecule is CC(=O)c1ccc(NC(=O)[C@H](C)[NH+](C)Cc2nc3ccccc3s2)cc1. The molecule has 0 aliphatic rings. The van der Waals surface area contributed by atoms with Crippen LogP contribution in [-0.2, 0) is 11.3 Å². The Morgan fingerprint density at radius 2 is 1.85 bits per heavy atom. The number of likely N-dealkylation sites (N-methyl/N-ethyl adjacent to an activating group) is 1. The van der Waals surface area contributed by atoms with Gasteiger partial charge in [0.15, 0.2) is 11.8 Å². The molecular weight excluding hydrogens is 346 g/mol. The summed E-state index contributed by atoms with van der Waals surface area (Å²) in [7, 11) is 2.00. The number of hydrogen-bond acceptors (Lipinski definition) is 4. The number of anilines is 1. The molecule has 26 heavy (non-hydrogen) atoms. The maximum Gasteiger partial charge on any atom is 0.282 e. The number of carbonyl (C=O) groups excluding carboxylic acids is 2. The number of benzene rings is 2. The highest BCUT2D eigenvalue weighted by atomic mass is 32.1. The van der Waals surface area contributed by atoms with Gasteiger partial charge in [-0.2, -0.15) is 0 Å². The summed E-state index contributed by atoms with van der Waals surface area (Å²) in [6, 6.07) is 14.8. The van der Waals surface area contributed by atoms with Crippen LogP contribution in [0.25, 0.3) is 10.2 Å². The molecule has 2 aromatic carbocycles. The average Bonchev–Trinajstić information content (AvgIpc) is 3.03. The van der Waals surface area contributed by atoms with Crippen molar-refractivity contribution >= 4 is 38.9 Å². The molecule has 6 heteroatoms. The maximum absolute atomic E-state index is 12.5. The number of quaternary nitrogens is 1. The molecule has 134 valence electrons. The summed E-state index contributed by atoms with van der Waals surface area (Å²) in [4.78, 5) is 29.5. The second-order valence-corrected chi connectivity index (χ2v) is 7.56. The van der Waals surface area contributed by atoms with E-state index >= 15 is 0 Å². The van der Waals surface area contributed by atoms with Crippen molar-refractivity contribution < 1.29 is 14.5 Å². The highest BCUT2D eigenvalue weighted by Crippen LogP contribution is 2.20. The highest BCUT2D eigenvalue weighted by molar-refractivity contribution is 7.18. The standard InChI is InChI=1S/C20H21N3O2S/c1-13(20(25)21-16-10-8-15(9-11-16)14(2)24)23(3)12-19-22-17-6-4-5-7-18(17)26-19/h4-11,13H,12H2,1-3H3,(H,21,25)/p+1/t13-/m0/s1. The van der Waals surface area contributed by atoms with Gasteiger partial charge in [-0.3, -0.25) is 9.59 Å². The van der Waals surface area contributed by atoms with E-state index in [-0.39, 0.29) is 17.7 Å². The van der Waals surface area contributed by atoms with E-state index in [0.717, 1.165) is 20.1 Å². The fraction of sp³-hybridized carbons (Fsp3) is 0.250. The summed E-state index contributed by atoms with van der Waals surface area (Å²) in [5.74, 6) is -0.0459. The Kier molecular flexibility index (Phi) is 5.44. The van der Waals surface area contributed by atoms with E-state index in [1.165, 1.54) is 6.92 Å². The second kappa shape index (κ2) is 7.76. The minimum Gasteiger partial charge on any atom is -0.322 e. The Labute approximate surface area is 156 Å². The van der Waals surface area contributed by atoms with E-state index in [4.69, 9.17) is 0 Å². The lowest BCUT2D eigenvalue weighted by molar-refractivity contribution is -0.907. The Bertz CT molecular complexity index is 901. The Balaban J connectivity index is 1.62. The molecule has 3 aromatic rings. The van der Waals surface area contributed by atoms with Gasteiger partial charge in [0.25, 0.3) is 5.91 Å². The average molecular weight is 368 g/mol. The third-order valence-corrected chi connectivity index (χ3v) is 5.50. The summed E-state index contributed by atoms with van der Waals surface area (Å²) < 4.78 is 1.16. The predicted octanol–water partition coefficient (Wildman–Crippen LogP) is 2.54. The van der Waals surface area contributed by atoms with Crippen LogP contribution in [0.2, 0.25) is 0 Å². The number of hydrogen-bond donors (Lipinski definition) is 2. The minimum absolute atomic E-state index is 0.0104. The molecule has 2 atom stereocenters. The van der Waals surface area contributed by atoms with Crippen molar-refractivity contribution in [2.24, 2.45) is 0 Å². The molecule has 2 N–H and O–H groups in total. The maximum atomic E-state index is 12.5. The third-order valence-electron chi connectivity index (χ3n) is 4.46.